The van der Waals surface area contributed by atoms with Crippen LogP contribution in [0.3, 0.4) is 0 Å². The van der Waals surface area contributed by atoms with E-state index in [1.165, 1.54) is 23.9 Å². The molecule has 3 nitrogen and oxygen atoms in total. The standard InChI is InChI=1S/C25H16Cl2FNO2S/c26-20-13-18(29-23(30)14-32-25(29)16-5-8-17(28)9-6-16)10-12-21(20)31-22-11-7-15-3-1-2-4-19(15)24(22)27/h1-13,25H,14H2/t25-/m0/s1. The summed E-state index contributed by atoms with van der Waals surface area (Å²) in [4.78, 5) is 14.3. The molecule has 1 atom stereocenters. The second kappa shape index (κ2) is 8.66. The Balaban J connectivity index is 1.44. The van der Waals surface area contributed by atoms with Gasteiger partial charge >= 0.3 is 0 Å². The van der Waals surface area contributed by atoms with Crippen molar-refractivity contribution in [3.05, 3.63) is 100 Å². The molecule has 1 aliphatic rings. The number of rotatable bonds is 4. The first-order valence-corrected chi connectivity index (χ1v) is 11.7. The van der Waals surface area contributed by atoms with Crippen molar-refractivity contribution in [2.75, 3.05) is 10.7 Å². The summed E-state index contributed by atoms with van der Waals surface area (Å²) < 4.78 is 19.3. The number of hydrogen-bond donors (Lipinski definition) is 0. The monoisotopic (exact) mass is 483 g/mol. The van der Waals surface area contributed by atoms with Crippen LogP contribution in [0.1, 0.15) is 10.9 Å². The fourth-order valence-electron chi connectivity index (χ4n) is 3.71. The minimum absolute atomic E-state index is 0.0355. The largest absolute Gasteiger partial charge is 0.454 e. The van der Waals surface area contributed by atoms with Crippen molar-refractivity contribution in [3.63, 3.8) is 0 Å². The topological polar surface area (TPSA) is 29.5 Å². The van der Waals surface area contributed by atoms with E-state index >= 15 is 0 Å². The average molecular weight is 484 g/mol. The molecule has 0 bridgehead atoms. The van der Waals surface area contributed by atoms with E-state index in [1.54, 1.807) is 41.3 Å². The van der Waals surface area contributed by atoms with Crippen LogP contribution >= 0.6 is 35.0 Å². The molecule has 5 rings (SSSR count). The summed E-state index contributed by atoms with van der Waals surface area (Å²) in [7, 11) is 0. The van der Waals surface area contributed by atoms with E-state index in [9.17, 15) is 9.18 Å². The lowest BCUT2D eigenvalue weighted by Gasteiger charge is -2.25. The molecule has 0 radical (unpaired) electrons. The Morgan fingerprint density at radius 2 is 1.69 bits per heavy atom. The molecule has 7 heteroatoms. The van der Waals surface area contributed by atoms with Crippen LogP contribution in [0.15, 0.2) is 78.9 Å². The minimum atomic E-state index is -0.313. The van der Waals surface area contributed by atoms with Crippen molar-refractivity contribution in [1.82, 2.24) is 0 Å². The highest BCUT2D eigenvalue weighted by Gasteiger charge is 2.34. The molecule has 0 aliphatic carbocycles. The number of carbonyl (C=O) groups is 1. The highest BCUT2D eigenvalue weighted by molar-refractivity contribution is 8.00. The van der Waals surface area contributed by atoms with Gasteiger partial charge in [-0.15, -0.1) is 11.8 Å². The van der Waals surface area contributed by atoms with Gasteiger partial charge in [0.1, 0.15) is 22.7 Å². The number of fused-ring (bicyclic) bond motifs is 1. The van der Waals surface area contributed by atoms with Gasteiger partial charge in [0.05, 0.1) is 15.8 Å². The van der Waals surface area contributed by atoms with E-state index in [4.69, 9.17) is 27.9 Å². The van der Waals surface area contributed by atoms with Gasteiger partial charge in [-0.05, 0) is 47.3 Å². The fraction of sp³-hybridized carbons (Fsp3) is 0.0800. The Morgan fingerprint density at radius 3 is 2.47 bits per heavy atom. The van der Waals surface area contributed by atoms with Crippen LogP contribution in [-0.2, 0) is 4.79 Å². The number of hydrogen-bond acceptors (Lipinski definition) is 3. The van der Waals surface area contributed by atoms with Crippen molar-refractivity contribution >= 4 is 57.3 Å². The van der Waals surface area contributed by atoms with Gasteiger partial charge in [0, 0.05) is 11.1 Å². The van der Waals surface area contributed by atoms with Crippen molar-refractivity contribution in [2.24, 2.45) is 0 Å². The molecule has 0 N–H and O–H groups in total. The summed E-state index contributed by atoms with van der Waals surface area (Å²) in [5.74, 6) is 0.922. The first-order chi connectivity index (χ1) is 15.5. The maximum absolute atomic E-state index is 13.3. The number of ether oxygens (including phenoxy) is 1. The van der Waals surface area contributed by atoms with Crippen LogP contribution < -0.4 is 9.64 Å². The number of nitrogens with zero attached hydrogens (tertiary/aromatic N) is 1. The predicted octanol–water partition coefficient (Wildman–Crippen LogP) is 7.86. The Morgan fingerprint density at radius 1 is 0.938 bits per heavy atom. The van der Waals surface area contributed by atoms with E-state index in [1.807, 2.05) is 30.3 Å². The molecule has 0 spiro atoms. The summed E-state index contributed by atoms with van der Waals surface area (Å²) >= 11 is 14.6. The van der Waals surface area contributed by atoms with Gasteiger partial charge in [-0.2, -0.15) is 0 Å². The van der Waals surface area contributed by atoms with Gasteiger partial charge in [-0.25, -0.2) is 4.39 Å². The Kier molecular flexibility index (Phi) is 5.72. The van der Waals surface area contributed by atoms with Crippen molar-refractivity contribution in [2.45, 2.75) is 5.37 Å². The van der Waals surface area contributed by atoms with Crippen molar-refractivity contribution < 1.29 is 13.9 Å². The molecule has 160 valence electrons. The van der Waals surface area contributed by atoms with E-state index in [0.717, 1.165) is 16.3 Å². The Bertz CT molecular complexity index is 1330. The summed E-state index contributed by atoms with van der Waals surface area (Å²) in [6.45, 7) is 0. The maximum Gasteiger partial charge on any atom is 0.238 e. The molecule has 1 heterocycles. The molecule has 0 saturated carbocycles. The van der Waals surface area contributed by atoms with Crippen LogP contribution in [0.2, 0.25) is 10.0 Å². The highest BCUT2D eigenvalue weighted by atomic mass is 35.5. The van der Waals surface area contributed by atoms with Crippen molar-refractivity contribution in [1.29, 1.82) is 0 Å². The second-order valence-corrected chi connectivity index (χ2v) is 9.15. The summed E-state index contributed by atoms with van der Waals surface area (Å²) in [5.41, 5.74) is 1.50. The lowest BCUT2D eigenvalue weighted by Crippen LogP contribution is -2.27. The smallest absolute Gasteiger partial charge is 0.238 e. The van der Waals surface area contributed by atoms with Crippen molar-refractivity contribution in [3.8, 4) is 11.5 Å². The molecular formula is C25H16Cl2FNO2S. The summed E-state index contributed by atoms with van der Waals surface area (Å²) in [6.07, 6.45) is 0. The third-order valence-corrected chi connectivity index (χ3v) is 7.16. The van der Waals surface area contributed by atoms with E-state index in [0.29, 0.717) is 33.0 Å². The van der Waals surface area contributed by atoms with Crippen LogP contribution in [0.4, 0.5) is 10.1 Å². The number of carbonyl (C=O) groups excluding carboxylic acids is 1. The first kappa shape index (κ1) is 21.1. The molecule has 4 aromatic rings. The number of thioether (sulfide) groups is 1. The van der Waals surface area contributed by atoms with Crippen LogP contribution in [-0.4, -0.2) is 11.7 Å². The maximum atomic E-state index is 13.3. The third kappa shape index (κ3) is 3.92. The molecule has 1 amide bonds. The Hall–Kier alpha value is -2.73. The minimum Gasteiger partial charge on any atom is -0.454 e. The fourth-order valence-corrected chi connectivity index (χ4v) is 5.37. The van der Waals surface area contributed by atoms with E-state index in [-0.39, 0.29) is 17.1 Å². The van der Waals surface area contributed by atoms with Crippen LogP contribution in [0, 0.1) is 5.82 Å². The number of halogens is 3. The summed E-state index contributed by atoms with van der Waals surface area (Å²) in [6, 6.07) is 22.9. The third-order valence-electron chi connectivity index (χ3n) is 5.26. The first-order valence-electron chi connectivity index (χ1n) is 9.85. The van der Waals surface area contributed by atoms with E-state index in [2.05, 4.69) is 0 Å². The number of anilines is 1. The molecular weight excluding hydrogens is 468 g/mol. The molecule has 4 aromatic carbocycles. The van der Waals surface area contributed by atoms with Crippen LogP contribution in [0.25, 0.3) is 10.8 Å². The normalized spacial score (nSPS) is 16.0. The summed E-state index contributed by atoms with van der Waals surface area (Å²) in [5, 5.41) is 2.52. The molecule has 32 heavy (non-hydrogen) atoms. The van der Waals surface area contributed by atoms with Gasteiger partial charge in [-0.3, -0.25) is 9.69 Å². The highest BCUT2D eigenvalue weighted by Crippen LogP contribution is 2.44. The number of benzene rings is 4. The quantitative estimate of drug-likeness (QED) is 0.295. The predicted molar refractivity (Wildman–Crippen MR) is 130 cm³/mol. The Labute approximate surface area is 198 Å². The van der Waals surface area contributed by atoms with Gasteiger partial charge in [0.2, 0.25) is 5.91 Å². The zero-order chi connectivity index (χ0) is 22.2. The van der Waals surface area contributed by atoms with Gasteiger partial charge in [0.15, 0.2) is 0 Å². The van der Waals surface area contributed by atoms with Gasteiger partial charge < -0.3 is 4.74 Å². The molecule has 1 fully saturated rings. The molecule has 0 unspecified atom stereocenters. The zero-order valence-electron chi connectivity index (χ0n) is 16.6. The number of amides is 1. The molecule has 0 aromatic heterocycles. The second-order valence-electron chi connectivity index (χ2n) is 7.29. The van der Waals surface area contributed by atoms with Gasteiger partial charge in [-0.1, -0.05) is 65.7 Å². The SMILES string of the molecule is O=C1CS[C@@H](c2ccc(F)cc2)N1c1ccc(Oc2ccc3ccccc3c2Cl)c(Cl)c1. The van der Waals surface area contributed by atoms with Crippen LogP contribution in [0.5, 0.6) is 11.5 Å². The lowest BCUT2D eigenvalue weighted by molar-refractivity contribution is -0.115. The van der Waals surface area contributed by atoms with E-state index < -0.39 is 0 Å². The van der Waals surface area contributed by atoms with Gasteiger partial charge in [0.25, 0.3) is 0 Å². The molecule has 1 saturated heterocycles. The lowest BCUT2D eigenvalue weighted by atomic mass is 10.1. The average Bonchev–Trinajstić information content (AvgIpc) is 3.19. The zero-order valence-corrected chi connectivity index (χ0v) is 18.9. The molecule has 1 aliphatic heterocycles.